The molecule has 0 saturated carbocycles. The van der Waals surface area contributed by atoms with Gasteiger partial charge >= 0.3 is 0 Å². The van der Waals surface area contributed by atoms with E-state index in [1.165, 1.54) is 22.2 Å². The number of hydrogen-bond donors (Lipinski definition) is 2. The molecule has 1 saturated heterocycles. The van der Waals surface area contributed by atoms with Gasteiger partial charge in [-0.3, -0.25) is 19.4 Å². The molecule has 1 aromatic rings. The Morgan fingerprint density at radius 3 is 2.61 bits per heavy atom. The number of para-hydroxylation sites is 1. The van der Waals surface area contributed by atoms with Crippen LogP contribution in [0.5, 0.6) is 0 Å². The number of amides is 3. The van der Waals surface area contributed by atoms with Gasteiger partial charge < -0.3 is 20.9 Å². The summed E-state index contributed by atoms with van der Waals surface area (Å²) in [4.78, 5) is 47.6. The van der Waals surface area contributed by atoms with Crippen molar-refractivity contribution in [1.29, 1.82) is 5.26 Å². The van der Waals surface area contributed by atoms with Gasteiger partial charge in [-0.1, -0.05) is 32.0 Å². The molecule has 0 radical (unpaired) electrons. The number of rotatable bonds is 6. The van der Waals surface area contributed by atoms with E-state index in [2.05, 4.69) is 16.4 Å². The average Bonchev–Trinajstić information content (AvgIpc) is 3.34. The Balaban J connectivity index is 1.93. The first-order chi connectivity index (χ1) is 16.8. The molecule has 192 valence electrons. The molecule has 1 spiro atoms. The Bertz CT molecular complexity index is 1140. The fraction of sp³-hybridized carbons (Fsp3) is 0.519. The fourth-order valence-electron chi connectivity index (χ4n) is 4.83. The quantitative estimate of drug-likeness (QED) is 0.465. The van der Waals surface area contributed by atoms with Crippen LogP contribution in [0.25, 0.3) is 0 Å². The number of likely N-dealkylation sites (N-methyl/N-ethyl adjacent to an activating group) is 1. The number of carbonyl (C=O) groups excluding carboxylic acids is 3. The number of nitrogens with one attached hydrogen (secondary N) is 1. The van der Waals surface area contributed by atoms with Crippen LogP contribution in [0.4, 0.5) is 5.69 Å². The molecular weight excluding hydrogens is 456 g/mol. The number of likely N-dealkylation sites (tertiary alicyclic amines) is 1. The molecule has 36 heavy (non-hydrogen) atoms. The highest BCUT2D eigenvalue weighted by Gasteiger charge is 2.56. The van der Waals surface area contributed by atoms with Crippen molar-refractivity contribution in [2.24, 2.45) is 16.6 Å². The Morgan fingerprint density at radius 1 is 1.36 bits per heavy atom. The van der Waals surface area contributed by atoms with Gasteiger partial charge in [0.15, 0.2) is 0 Å². The zero-order valence-electron chi connectivity index (χ0n) is 21.9. The predicted molar refractivity (Wildman–Crippen MR) is 139 cm³/mol. The molecule has 3 rings (SSSR count). The van der Waals surface area contributed by atoms with Gasteiger partial charge in [0.2, 0.25) is 11.8 Å². The Labute approximate surface area is 213 Å². The van der Waals surface area contributed by atoms with E-state index in [1.54, 1.807) is 7.05 Å². The number of nitrogens with zero attached hydrogens (tertiary/aromatic N) is 4. The van der Waals surface area contributed by atoms with Crippen molar-refractivity contribution in [2.75, 3.05) is 18.9 Å². The minimum atomic E-state index is -0.987. The van der Waals surface area contributed by atoms with Crippen LogP contribution in [0.15, 0.2) is 41.0 Å². The van der Waals surface area contributed by atoms with Crippen LogP contribution in [0.1, 0.15) is 53.0 Å². The smallest absolute Gasteiger partial charge is 0.257 e. The summed E-state index contributed by atoms with van der Waals surface area (Å²) in [5.74, 6) is -0.911. The van der Waals surface area contributed by atoms with Gasteiger partial charge in [-0.15, -0.1) is 0 Å². The summed E-state index contributed by atoms with van der Waals surface area (Å²) in [6.45, 7) is 9.72. The van der Waals surface area contributed by atoms with Crippen LogP contribution in [-0.4, -0.2) is 65.0 Å². The first-order valence-corrected chi connectivity index (χ1v) is 12.2. The second-order valence-corrected chi connectivity index (χ2v) is 11.0. The molecule has 9 nitrogen and oxygen atoms in total. The maximum absolute atomic E-state index is 13.9. The second-order valence-electron chi connectivity index (χ2n) is 11.0. The third kappa shape index (κ3) is 5.13. The third-order valence-electron chi connectivity index (χ3n) is 6.70. The van der Waals surface area contributed by atoms with Crippen molar-refractivity contribution in [2.45, 2.75) is 70.5 Å². The van der Waals surface area contributed by atoms with Gasteiger partial charge in [0.1, 0.15) is 12.1 Å². The molecule has 1 aromatic carbocycles. The molecule has 2 aliphatic rings. The van der Waals surface area contributed by atoms with Crippen molar-refractivity contribution in [1.82, 2.24) is 9.80 Å². The molecule has 3 amide bonds. The number of anilines is 1. The molecule has 3 atom stereocenters. The van der Waals surface area contributed by atoms with Gasteiger partial charge in [0.25, 0.3) is 5.91 Å². The van der Waals surface area contributed by atoms with E-state index in [1.807, 2.05) is 58.9 Å². The highest BCUT2D eigenvalue weighted by molar-refractivity contribution is 6.13. The summed E-state index contributed by atoms with van der Waals surface area (Å²) in [6.07, 6.45) is 3.21. The van der Waals surface area contributed by atoms with Crippen LogP contribution >= 0.6 is 0 Å². The lowest BCUT2D eigenvalue weighted by Gasteiger charge is -2.33. The number of nitriles is 1. The van der Waals surface area contributed by atoms with Crippen molar-refractivity contribution in [3.05, 3.63) is 41.6 Å². The van der Waals surface area contributed by atoms with Crippen molar-refractivity contribution in [3.8, 4) is 6.07 Å². The zero-order valence-corrected chi connectivity index (χ0v) is 21.9. The number of nitrogens with two attached hydrogens (primary N) is 1. The van der Waals surface area contributed by atoms with Gasteiger partial charge in [0, 0.05) is 38.1 Å². The maximum atomic E-state index is 13.9. The lowest BCUT2D eigenvalue weighted by atomic mass is 9.80. The highest BCUT2D eigenvalue weighted by atomic mass is 16.2. The van der Waals surface area contributed by atoms with Crippen LogP contribution in [0.2, 0.25) is 0 Å². The van der Waals surface area contributed by atoms with Crippen LogP contribution in [0, 0.1) is 17.2 Å². The molecule has 9 heteroatoms. The van der Waals surface area contributed by atoms with E-state index in [0.29, 0.717) is 12.1 Å². The summed E-state index contributed by atoms with van der Waals surface area (Å²) in [5, 5.41) is 12.8. The summed E-state index contributed by atoms with van der Waals surface area (Å²) < 4.78 is 0. The molecule has 2 aliphatic heterocycles. The number of hydrogen-bond acceptors (Lipinski definition) is 6. The summed E-state index contributed by atoms with van der Waals surface area (Å²) in [5.41, 5.74) is 6.02. The van der Waals surface area contributed by atoms with Gasteiger partial charge in [-0.05, 0) is 44.7 Å². The summed E-state index contributed by atoms with van der Waals surface area (Å²) in [7, 11) is 1.56. The zero-order chi connectivity index (χ0) is 26.8. The molecule has 0 aromatic heterocycles. The molecule has 3 N–H and O–H groups in total. The van der Waals surface area contributed by atoms with Crippen LogP contribution in [0.3, 0.4) is 0 Å². The van der Waals surface area contributed by atoms with E-state index >= 15 is 0 Å². The monoisotopic (exact) mass is 492 g/mol. The normalized spacial score (nSPS) is 22.6. The summed E-state index contributed by atoms with van der Waals surface area (Å²) >= 11 is 0. The maximum Gasteiger partial charge on any atom is 0.257 e. The topological polar surface area (TPSA) is 132 Å². The van der Waals surface area contributed by atoms with E-state index in [9.17, 15) is 19.6 Å². The molecule has 2 heterocycles. The van der Waals surface area contributed by atoms with Crippen molar-refractivity contribution in [3.63, 3.8) is 0 Å². The average molecular weight is 493 g/mol. The standard InChI is InChI=1S/C27H36N6O3/c1-17(2)11-22(32(6)23(34)18(13-28)15-30-26(3,4)5)24(35)33-16-27(12-19(33)14-29)20-9-7-8-10-21(20)31-25(27)36/h7-10,13,15,17,19,22H,11-12,16,28H2,1-6H3,(H,31,36)/t19-,22-,27-/m0/s1. The number of aliphatic imine (C=N–C) groups is 1. The lowest BCUT2D eigenvalue weighted by Crippen LogP contribution is -2.52. The molecule has 0 unspecified atom stereocenters. The Kier molecular flexibility index (Phi) is 7.58. The second kappa shape index (κ2) is 10.1. The molecule has 1 fully saturated rings. The van der Waals surface area contributed by atoms with E-state index in [0.717, 1.165) is 5.56 Å². The van der Waals surface area contributed by atoms with Crippen LogP contribution in [-0.2, 0) is 19.8 Å². The first kappa shape index (κ1) is 26.9. The lowest BCUT2D eigenvalue weighted by molar-refractivity contribution is -0.143. The first-order valence-electron chi connectivity index (χ1n) is 12.2. The van der Waals surface area contributed by atoms with Gasteiger partial charge in [-0.25, -0.2) is 0 Å². The number of fused-ring (bicyclic) bond motifs is 2. The van der Waals surface area contributed by atoms with E-state index < -0.39 is 28.9 Å². The van der Waals surface area contributed by atoms with E-state index in [-0.39, 0.29) is 36.3 Å². The van der Waals surface area contributed by atoms with Crippen molar-refractivity contribution < 1.29 is 14.4 Å². The van der Waals surface area contributed by atoms with Gasteiger partial charge in [0.05, 0.1) is 22.6 Å². The summed E-state index contributed by atoms with van der Waals surface area (Å²) in [6, 6.07) is 7.96. The minimum absolute atomic E-state index is 0.0780. The largest absolute Gasteiger partial charge is 0.404 e. The Morgan fingerprint density at radius 2 is 2.03 bits per heavy atom. The van der Waals surface area contributed by atoms with Crippen molar-refractivity contribution >= 4 is 29.6 Å². The molecular formula is C27H36N6O3. The number of carbonyl (C=O) groups is 3. The highest BCUT2D eigenvalue weighted by Crippen LogP contribution is 2.46. The number of benzene rings is 1. The molecule has 0 bridgehead atoms. The SMILES string of the molecule is CC(C)C[C@@H](C(=O)N1C[C@]2(C[C@H]1C#N)C(=O)Nc1ccccc12)N(C)C(=O)C(C=NC(C)(C)C)=CN. The van der Waals surface area contributed by atoms with Crippen LogP contribution < -0.4 is 11.1 Å². The third-order valence-corrected chi connectivity index (χ3v) is 6.70. The minimum Gasteiger partial charge on any atom is -0.404 e. The van der Waals surface area contributed by atoms with Gasteiger partial charge in [-0.2, -0.15) is 5.26 Å². The Hall–Kier alpha value is -3.67. The fourth-order valence-corrected chi connectivity index (χ4v) is 4.83. The predicted octanol–water partition coefficient (Wildman–Crippen LogP) is 2.59. The van der Waals surface area contributed by atoms with E-state index in [4.69, 9.17) is 5.73 Å². The molecule has 0 aliphatic carbocycles.